The van der Waals surface area contributed by atoms with E-state index < -0.39 is 0 Å². The summed E-state index contributed by atoms with van der Waals surface area (Å²) in [6.45, 7) is 5.02. The molecule has 0 fully saturated rings. The normalized spacial score (nSPS) is 12.3. The van der Waals surface area contributed by atoms with E-state index in [2.05, 4.69) is 24.1 Å². The summed E-state index contributed by atoms with van der Waals surface area (Å²) in [4.78, 5) is 17.5. The minimum Gasteiger partial charge on any atom is -0.369 e. The van der Waals surface area contributed by atoms with Crippen LogP contribution in [0.4, 0.5) is 5.82 Å². The summed E-state index contributed by atoms with van der Waals surface area (Å²) >= 11 is 0. The van der Waals surface area contributed by atoms with E-state index in [4.69, 9.17) is 5.73 Å². The summed E-state index contributed by atoms with van der Waals surface area (Å²) in [5, 5.41) is 3.23. The fourth-order valence-electron chi connectivity index (χ4n) is 2.17. The molecule has 1 atom stereocenters. The van der Waals surface area contributed by atoms with Crippen molar-refractivity contribution in [3.05, 3.63) is 23.9 Å². The van der Waals surface area contributed by atoms with Crippen LogP contribution in [-0.2, 0) is 0 Å². The van der Waals surface area contributed by atoms with Crippen molar-refractivity contribution in [3.63, 3.8) is 0 Å². The smallest absolute Gasteiger partial charge is 0.254 e. The topological polar surface area (TPSA) is 71.2 Å². The summed E-state index contributed by atoms with van der Waals surface area (Å²) in [5.41, 5.74) is 6.74. The summed E-state index contributed by atoms with van der Waals surface area (Å²) < 4.78 is 0. The van der Waals surface area contributed by atoms with Gasteiger partial charge in [0, 0.05) is 32.9 Å². The molecule has 1 aromatic rings. The molecule has 1 heterocycles. The maximum atomic E-state index is 11.7. The minimum atomic E-state index is -0.0437. The van der Waals surface area contributed by atoms with E-state index in [1.807, 2.05) is 6.07 Å². The number of aromatic nitrogens is 1. The van der Waals surface area contributed by atoms with E-state index in [0.717, 1.165) is 18.7 Å². The van der Waals surface area contributed by atoms with Crippen LogP contribution in [-0.4, -0.2) is 42.5 Å². The van der Waals surface area contributed by atoms with Gasteiger partial charge in [0.1, 0.15) is 5.82 Å². The molecule has 0 aliphatic heterocycles. The lowest BCUT2D eigenvalue weighted by Gasteiger charge is -2.21. The molecule has 0 bridgehead atoms. The number of rotatable bonds is 7. The number of amides is 1. The molecule has 0 spiro atoms. The van der Waals surface area contributed by atoms with Crippen molar-refractivity contribution in [2.75, 3.05) is 26.0 Å². The first-order valence-corrected chi connectivity index (χ1v) is 7.16. The van der Waals surface area contributed by atoms with Gasteiger partial charge in [-0.05, 0) is 18.1 Å². The molecule has 1 aromatic heterocycles. The van der Waals surface area contributed by atoms with Crippen LogP contribution in [0.15, 0.2) is 18.3 Å². The predicted octanol–water partition coefficient (Wildman–Crippen LogP) is 1.96. The van der Waals surface area contributed by atoms with Crippen LogP contribution in [0, 0.1) is 5.92 Å². The third kappa shape index (κ3) is 4.49. The van der Waals surface area contributed by atoms with Crippen LogP contribution in [0.2, 0.25) is 0 Å². The number of hydrogen-bond acceptors (Lipinski definition) is 4. The van der Waals surface area contributed by atoms with Crippen LogP contribution in [0.5, 0.6) is 0 Å². The van der Waals surface area contributed by atoms with Gasteiger partial charge in [-0.3, -0.25) is 4.79 Å². The fourth-order valence-corrected chi connectivity index (χ4v) is 2.17. The largest absolute Gasteiger partial charge is 0.369 e. The van der Waals surface area contributed by atoms with Gasteiger partial charge in [-0.2, -0.15) is 0 Å². The van der Waals surface area contributed by atoms with E-state index in [9.17, 15) is 4.79 Å². The molecular weight excluding hydrogens is 252 g/mol. The van der Waals surface area contributed by atoms with Gasteiger partial charge in [0.15, 0.2) is 0 Å². The molecule has 1 rings (SSSR count). The number of nitrogens with zero attached hydrogens (tertiary/aromatic N) is 2. The van der Waals surface area contributed by atoms with Gasteiger partial charge in [0.05, 0.1) is 5.56 Å². The Morgan fingerprint density at radius 2 is 2.00 bits per heavy atom. The standard InChI is InChI=1S/C15H26N4O/c1-5-11(6-2)13(16)10-18-14-8-7-12(9-17-14)15(20)19(3)4/h7-9,11,13H,5-6,10,16H2,1-4H3,(H,17,18). The number of nitrogens with two attached hydrogens (primary N) is 1. The van der Waals surface area contributed by atoms with Crippen molar-refractivity contribution in [2.24, 2.45) is 11.7 Å². The first-order valence-electron chi connectivity index (χ1n) is 7.16. The van der Waals surface area contributed by atoms with E-state index in [1.54, 1.807) is 26.4 Å². The quantitative estimate of drug-likeness (QED) is 0.800. The highest BCUT2D eigenvalue weighted by atomic mass is 16.2. The van der Waals surface area contributed by atoms with E-state index in [-0.39, 0.29) is 11.9 Å². The Bertz CT molecular complexity index is 412. The molecule has 5 nitrogen and oxygen atoms in total. The zero-order valence-corrected chi connectivity index (χ0v) is 12.9. The molecule has 112 valence electrons. The van der Waals surface area contributed by atoms with Crippen LogP contribution in [0.3, 0.4) is 0 Å². The number of pyridine rings is 1. The predicted molar refractivity (Wildman–Crippen MR) is 82.8 cm³/mol. The SMILES string of the molecule is CCC(CC)C(N)CNc1ccc(C(=O)N(C)C)cn1. The van der Waals surface area contributed by atoms with E-state index in [1.165, 1.54) is 4.90 Å². The van der Waals surface area contributed by atoms with Crippen molar-refractivity contribution in [3.8, 4) is 0 Å². The molecule has 5 heteroatoms. The number of carbonyl (C=O) groups is 1. The van der Waals surface area contributed by atoms with Gasteiger partial charge in [-0.25, -0.2) is 4.98 Å². The Labute approximate surface area is 121 Å². The highest BCUT2D eigenvalue weighted by Crippen LogP contribution is 2.12. The molecule has 3 N–H and O–H groups in total. The van der Waals surface area contributed by atoms with E-state index in [0.29, 0.717) is 18.0 Å². The zero-order chi connectivity index (χ0) is 15.1. The summed E-state index contributed by atoms with van der Waals surface area (Å²) in [6.07, 6.45) is 3.76. The molecule has 0 radical (unpaired) electrons. The minimum absolute atomic E-state index is 0.0437. The van der Waals surface area contributed by atoms with Crippen molar-refractivity contribution in [2.45, 2.75) is 32.7 Å². The van der Waals surface area contributed by atoms with Gasteiger partial charge < -0.3 is 16.0 Å². The molecule has 1 unspecified atom stereocenters. The molecular formula is C15H26N4O. The van der Waals surface area contributed by atoms with Gasteiger partial charge in [-0.15, -0.1) is 0 Å². The molecule has 0 aliphatic rings. The van der Waals surface area contributed by atoms with Crippen LogP contribution in [0.25, 0.3) is 0 Å². The monoisotopic (exact) mass is 278 g/mol. The Morgan fingerprint density at radius 1 is 1.35 bits per heavy atom. The maximum absolute atomic E-state index is 11.7. The number of nitrogens with one attached hydrogen (secondary N) is 1. The molecule has 0 saturated carbocycles. The van der Waals surface area contributed by atoms with Gasteiger partial charge >= 0.3 is 0 Å². The number of carbonyl (C=O) groups excluding carboxylic acids is 1. The molecule has 0 aliphatic carbocycles. The summed E-state index contributed by atoms with van der Waals surface area (Å²) in [7, 11) is 3.45. The zero-order valence-electron chi connectivity index (χ0n) is 12.9. The van der Waals surface area contributed by atoms with Crippen molar-refractivity contribution in [1.82, 2.24) is 9.88 Å². The number of anilines is 1. The van der Waals surface area contributed by atoms with Gasteiger partial charge in [0.25, 0.3) is 5.91 Å². The van der Waals surface area contributed by atoms with Crippen molar-refractivity contribution < 1.29 is 4.79 Å². The van der Waals surface area contributed by atoms with Crippen molar-refractivity contribution >= 4 is 11.7 Å². The Hall–Kier alpha value is -1.62. The molecule has 0 aromatic carbocycles. The number of hydrogen-bond donors (Lipinski definition) is 2. The second-order valence-corrected chi connectivity index (χ2v) is 5.25. The van der Waals surface area contributed by atoms with Gasteiger partial charge in [0.2, 0.25) is 0 Å². The lowest BCUT2D eigenvalue weighted by atomic mass is 9.95. The Morgan fingerprint density at radius 3 is 2.45 bits per heavy atom. The van der Waals surface area contributed by atoms with Crippen LogP contribution < -0.4 is 11.1 Å². The average Bonchev–Trinajstić information content (AvgIpc) is 2.46. The lowest BCUT2D eigenvalue weighted by molar-refractivity contribution is 0.0827. The second-order valence-electron chi connectivity index (χ2n) is 5.25. The molecule has 0 saturated heterocycles. The van der Waals surface area contributed by atoms with Crippen molar-refractivity contribution in [1.29, 1.82) is 0 Å². The summed E-state index contributed by atoms with van der Waals surface area (Å²) in [6, 6.07) is 3.71. The second kappa shape index (κ2) is 7.85. The van der Waals surface area contributed by atoms with Crippen LogP contribution in [0.1, 0.15) is 37.0 Å². The molecule has 1 amide bonds. The first-order chi connectivity index (χ1) is 9.49. The molecule has 20 heavy (non-hydrogen) atoms. The third-order valence-electron chi connectivity index (χ3n) is 3.59. The fraction of sp³-hybridized carbons (Fsp3) is 0.600. The highest BCUT2D eigenvalue weighted by Gasteiger charge is 2.14. The Balaban J connectivity index is 2.56. The maximum Gasteiger partial charge on any atom is 0.254 e. The van der Waals surface area contributed by atoms with E-state index >= 15 is 0 Å². The average molecular weight is 278 g/mol. The third-order valence-corrected chi connectivity index (χ3v) is 3.59. The highest BCUT2D eigenvalue weighted by molar-refractivity contribution is 5.93. The van der Waals surface area contributed by atoms with Gasteiger partial charge in [-0.1, -0.05) is 26.7 Å². The Kier molecular flexibility index (Phi) is 6.45. The lowest BCUT2D eigenvalue weighted by Crippen LogP contribution is -2.36. The first kappa shape index (κ1) is 16.4. The van der Waals surface area contributed by atoms with Crippen LogP contribution >= 0.6 is 0 Å². The summed E-state index contributed by atoms with van der Waals surface area (Å²) in [5.74, 6) is 1.23.